The van der Waals surface area contributed by atoms with E-state index in [0.29, 0.717) is 5.82 Å². The lowest BCUT2D eigenvalue weighted by atomic mass is 9.99. The van der Waals surface area contributed by atoms with Gasteiger partial charge in [-0.05, 0) is 40.3 Å². The summed E-state index contributed by atoms with van der Waals surface area (Å²) in [5.74, 6) is -0.577. The monoisotopic (exact) mass is 446 g/mol. The number of aromatic nitrogens is 1. The molecule has 0 aliphatic rings. The second-order valence-corrected chi connectivity index (χ2v) is 6.19. The van der Waals surface area contributed by atoms with E-state index in [0.717, 1.165) is 31.9 Å². The van der Waals surface area contributed by atoms with Gasteiger partial charge in [-0.1, -0.05) is 46.9 Å². The molecule has 25 heavy (non-hydrogen) atoms. The second-order valence-electron chi connectivity index (χ2n) is 5.42. The summed E-state index contributed by atoms with van der Waals surface area (Å²) in [6, 6.07) is 12.7. The van der Waals surface area contributed by atoms with Crippen LogP contribution in [0.5, 0.6) is 0 Å². The van der Waals surface area contributed by atoms with Gasteiger partial charge in [0.1, 0.15) is 0 Å². The van der Waals surface area contributed by atoms with E-state index in [2.05, 4.69) is 32.6 Å². The van der Waals surface area contributed by atoms with Gasteiger partial charge >= 0.3 is 5.97 Å². The average Bonchev–Trinajstić information content (AvgIpc) is 2.61. The Balaban J connectivity index is 2.23. The normalized spacial score (nSPS) is 10.6. The first kappa shape index (κ1) is 17.2. The molecular weight excluding hydrogens is 431 g/mol. The fourth-order valence-corrected chi connectivity index (χ4v) is 3.22. The zero-order chi connectivity index (χ0) is 18.0. The van der Waals surface area contributed by atoms with Gasteiger partial charge in [-0.2, -0.15) is 4.99 Å². The van der Waals surface area contributed by atoms with E-state index in [1.165, 1.54) is 0 Å². The van der Waals surface area contributed by atoms with E-state index in [-0.39, 0.29) is 11.5 Å². The molecule has 7 heteroatoms. The minimum absolute atomic E-state index is 0.0608. The quantitative estimate of drug-likeness (QED) is 0.246. The van der Waals surface area contributed by atoms with Gasteiger partial charge in [0.05, 0.1) is 5.56 Å². The van der Waals surface area contributed by atoms with Crippen molar-refractivity contribution in [2.75, 3.05) is 0 Å². The molecule has 0 fully saturated rings. The molecule has 5 N–H and O–H groups in total. The first-order valence-corrected chi connectivity index (χ1v) is 8.93. The van der Waals surface area contributed by atoms with Crippen LogP contribution >= 0.6 is 22.6 Å². The van der Waals surface area contributed by atoms with Crippen molar-refractivity contribution in [3.63, 3.8) is 0 Å². The molecule has 0 saturated heterocycles. The predicted octanol–water partition coefficient (Wildman–Crippen LogP) is 3.44. The highest BCUT2D eigenvalue weighted by Gasteiger charge is 2.10. The predicted molar refractivity (Wildman–Crippen MR) is 107 cm³/mol. The number of hydrogen-bond donors (Lipinski definition) is 3. The Morgan fingerprint density at radius 2 is 1.88 bits per heavy atom. The van der Waals surface area contributed by atoms with Gasteiger partial charge in [0.2, 0.25) is 0 Å². The highest BCUT2D eigenvalue weighted by molar-refractivity contribution is 14.1. The molecule has 0 radical (unpaired) electrons. The summed E-state index contributed by atoms with van der Waals surface area (Å²) in [5.41, 5.74) is 14.0. The van der Waals surface area contributed by atoms with Crippen molar-refractivity contribution in [2.24, 2.45) is 16.5 Å². The number of pyridine rings is 1. The minimum Gasteiger partial charge on any atom is -0.478 e. The van der Waals surface area contributed by atoms with Gasteiger partial charge in [-0.15, -0.1) is 0 Å². The van der Waals surface area contributed by atoms with Crippen molar-refractivity contribution >= 4 is 51.1 Å². The third-order valence-corrected chi connectivity index (χ3v) is 4.59. The highest BCUT2D eigenvalue weighted by atomic mass is 127. The lowest BCUT2D eigenvalue weighted by molar-refractivity contribution is 0.0697. The number of benzene rings is 2. The molecule has 3 aromatic rings. The van der Waals surface area contributed by atoms with Crippen molar-refractivity contribution in [3.05, 3.63) is 59.8 Å². The molecule has 1 heterocycles. The second kappa shape index (κ2) is 7.06. The number of halogens is 1. The number of carboxylic acid groups (broad SMARTS) is 1. The Morgan fingerprint density at radius 1 is 1.12 bits per heavy atom. The summed E-state index contributed by atoms with van der Waals surface area (Å²) in [7, 11) is 0. The van der Waals surface area contributed by atoms with E-state index in [1.807, 2.05) is 24.3 Å². The van der Waals surface area contributed by atoms with Gasteiger partial charge in [0, 0.05) is 16.0 Å². The van der Waals surface area contributed by atoms with Crippen LogP contribution in [0.15, 0.2) is 53.7 Å². The van der Waals surface area contributed by atoms with Gasteiger partial charge < -0.3 is 16.6 Å². The third kappa shape index (κ3) is 3.55. The van der Waals surface area contributed by atoms with Crippen LogP contribution in [0.25, 0.3) is 21.9 Å². The molecule has 6 nitrogen and oxygen atoms in total. The molecule has 0 aliphatic carbocycles. The fraction of sp³-hybridized carbons (Fsp3) is 0.0556. The fourth-order valence-electron chi connectivity index (χ4n) is 2.62. The summed E-state index contributed by atoms with van der Waals surface area (Å²) < 4.78 is 0.803. The van der Waals surface area contributed by atoms with Crippen LogP contribution in [0.4, 0.5) is 5.82 Å². The molecule has 0 atom stereocenters. The van der Waals surface area contributed by atoms with Crippen LogP contribution in [-0.4, -0.2) is 22.0 Å². The number of carbonyl (C=O) groups is 1. The van der Waals surface area contributed by atoms with Crippen LogP contribution in [0.3, 0.4) is 0 Å². The van der Waals surface area contributed by atoms with E-state index in [4.69, 9.17) is 11.5 Å². The number of nitrogens with two attached hydrogens (primary N) is 2. The first-order valence-electron chi connectivity index (χ1n) is 7.40. The van der Waals surface area contributed by atoms with Crippen LogP contribution in [0.1, 0.15) is 15.9 Å². The number of fused-ring (bicyclic) bond motifs is 1. The molecule has 0 bridgehead atoms. The standard InChI is InChI=1S/C18H15IN4O2/c19-8-13-9-22-16(23-18(20)21)15-7-11(4-5-14(13)15)10-2-1-3-12(6-10)17(24)25/h1-7,9H,8H2,(H,24,25)(H4,20,21,22,23). The Morgan fingerprint density at radius 3 is 2.56 bits per heavy atom. The topological polar surface area (TPSA) is 115 Å². The summed E-state index contributed by atoms with van der Waals surface area (Å²) >= 11 is 2.28. The maximum Gasteiger partial charge on any atom is 0.335 e. The minimum atomic E-state index is -0.960. The molecule has 126 valence electrons. The van der Waals surface area contributed by atoms with Gasteiger partial charge in [0.15, 0.2) is 11.8 Å². The van der Waals surface area contributed by atoms with Crippen molar-refractivity contribution in [3.8, 4) is 11.1 Å². The largest absolute Gasteiger partial charge is 0.478 e. The number of aliphatic imine (C=N–C) groups is 1. The van der Waals surface area contributed by atoms with E-state index >= 15 is 0 Å². The summed E-state index contributed by atoms with van der Waals surface area (Å²) in [6.45, 7) is 0. The zero-order valence-corrected chi connectivity index (χ0v) is 15.3. The van der Waals surface area contributed by atoms with Crippen LogP contribution in [-0.2, 0) is 4.43 Å². The number of alkyl halides is 1. The first-order chi connectivity index (χ1) is 12.0. The SMILES string of the molecule is NC(N)=Nc1ncc(CI)c2ccc(-c3cccc(C(=O)O)c3)cc12. The number of carboxylic acids is 1. The Hall–Kier alpha value is -2.68. The van der Waals surface area contributed by atoms with E-state index < -0.39 is 5.97 Å². The van der Waals surface area contributed by atoms with Crippen molar-refractivity contribution in [1.82, 2.24) is 4.98 Å². The summed E-state index contributed by atoms with van der Waals surface area (Å²) in [5, 5.41) is 11.0. The molecular formula is C18H15IN4O2. The highest BCUT2D eigenvalue weighted by Crippen LogP contribution is 2.32. The Kier molecular flexibility index (Phi) is 4.84. The van der Waals surface area contributed by atoms with Gasteiger partial charge in [-0.25, -0.2) is 9.78 Å². The molecule has 3 rings (SSSR count). The molecule has 0 saturated carbocycles. The van der Waals surface area contributed by atoms with Crippen LogP contribution in [0, 0.1) is 0 Å². The maximum atomic E-state index is 11.2. The lowest BCUT2D eigenvalue weighted by Crippen LogP contribution is -2.22. The smallest absolute Gasteiger partial charge is 0.335 e. The number of aromatic carboxylic acids is 1. The number of nitrogens with zero attached hydrogens (tertiary/aromatic N) is 2. The van der Waals surface area contributed by atoms with E-state index in [9.17, 15) is 9.90 Å². The number of guanidine groups is 1. The van der Waals surface area contributed by atoms with Crippen LogP contribution in [0.2, 0.25) is 0 Å². The molecule has 0 unspecified atom stereocenters. The average molecular weight is 446 g/mol. The number of rotatable bonds is 4. The third-order valence-electron chi connectivity index (χ3n) is 3.77. The van der Waals surface area contributed by atoms with Crippen molar-refractivity contribution < 1.29 is 9.90 Å². The summed E-state index contributed by atoms with van der Waals surface area (Å²) in [4.78, 5) is 19.7. The number of hydrogen-bond acceptors (Lipinski definition) is 3. The van der Waals surface area contributed by atoms with Crippen LogP contribution < -0.4 is 11.5 Å². The molecule has 0 amide bonds. The van der Waals surface area contributed by atoms with E-state index in [1.54, 1.807) is 24.4 Å². The Labute approximate surface area is 157 Å². The van der Waals surface area contributed by atoms with Gasteiger partial charge in [0.25, 0.3) is 0 Å². The van der Waals surface area contributed by atoms with Gasteiger partial charge in [-0.3, -0.25) is 0 Å². The zero-order valence-electron chi connectivity index (χ0n) is 13.1. The molecule has 0 spiro atoms. The molecule has 2 aromatic carbocycles. The Bertz CT molecular complexity index is 998. The lowest BCUT2D eigenvalue weighted by Gasteiger charge is -2.10. The summed E-state index contributed by atoms with van der Waals surface area (Å²) in [6.07, 6.45) is 1.77. The maximum absolute atomic E-state index is 11.2. The van der Waals surface area contributed by atoms with Crippen molar-refractivity contribution in [2.45, 2.75) is 4.43 Å². The molecule has 1 aromatic heterocycles. The molecule has 0 aliphatic heterocycles. The van der Waals surface area contributed by atoms with Crippen molar-refractivity contribution in [1.29, 1.82) is 0 Å².